The van der Waals surface area contributed by atoms with E-state index in [-0.39, 0.29) is 0 Å². The van der Waals surface area contributed by atoms with Crippen molar-refractivity contribution in [2.45, 2.75) is 32.6 Å². The zero-order valence-corrected chi connectivity index (χ0v) is 10.3. The van der Waals surface area contributed by atoms with Crippen molar-refractivity contribution < 1.29 is 0 Å². The van der Waals surface area contributed by atoms with Crippen molar-refractivity contribution in [3.8, 4) is 0 Å². The summed E-state index contributed by atoms with van der Waals surface area (Å²) >= 11 is 0. The van der Waals surface area contributed by atoms with Crippen molar-refractivity contribution in [1.82, 2.24) is 10.2 Å². The van der Waals surface area contributed by atoms with E-state index in [9.17, 15) is 0 Å². The van der Waals surface area contributed by atoms with Gasteiger partial charge in [0.15, 0.2) is 0 Å². The van der Waals surface area contributed by atoms with Gasteiger partial charge in [-0.2, -0.15) is 0 Å². The molecule has 0 aromatic rings. The van der Waals surface area contributed by atoms with Crippen LogP contribution in [0.4, 0.5) is 0 Å². The summed E-state index contributed by atoms with van der Waals surface area (Å²) in [5, 5.41) is 3.37. The third kappa shape index (κ3) is 3.25. The van der Waals surface area contributed by atoms with Crippen molar-refractivity contribution in [2.24, 2.45) is 11.3 Å². The highest BCUT2D eigenvalue weighted by Gasteiger charge is 2.33. The Kier molecular flexibility index (Phi) is 4.39. The lowest BCUT2D eigenvalue weighted by molar-refractivity contribution is 0.112. The quantitative estimate of drug-likeness (QED) is 0.743. The molecular formula is C12H26N2. The molecule has 0 saturated heterocycles. The van der Waals surface area contributed by atoms with Gasteiger partial charge in [-0.25, -0.2) is 0 Å². The maximum atomic E-state index is 3.37. The maximum absolute atomic E-state index is 3.37. The van der Waals surface area contributed by atoms with Crippen LogP contribution < -0.4 is 5.32 Å². The molecule has 0 aliphatic heterocycles. The molecule has 0 bridgehead atoms. The van der Waals surface area contributed by atoms with Crippen LogP contribution in [0.3, 0.4) is 0 Å². The molecule has 1 fully saturated rings. The second-order valence-electron chi connectivity index (χ2n) is 5.45. The summed E-state index contributed by atoms with van der Waals surface area (Å²) in [4.78, 5) is 2.34. The van der Waals surface area contributed by atoms with Crippen LogP contribution in [0, 0.1) is 11.3 Å². The van der Waals surface area contributed by atoms with Crippen molar-refractivity contribution in [3.05, 3.63) is 0 Å². The molecule has 0 radical (unpaired) electrons. The summed E-state index contributed by atoms with van der Waals surface area (Å²) in [6, 6.07) is 0. The van der Waals surface area contributed by atoms with E-state index in [1.54, 1.807) is 0 Å². The number of rotatable bonds is 4. The van der Waals surface area contributed by atoms with Gasteiger partial charge in [-0.3, -0.25) is 0 Å². The molecular weight excluding hydrogens is 172 g/mol. The third-order valence-corrected chi connectivity index (χ3v) is 3.54. The van der Waals surface area contributed by atoms with Gasteiger partial charge < -0.3 is 10.2 Å². The molecule has 2 nitrogen and oxygen atoms in total. The minimum absolute atomic E-state index is 0.546. The largest absolute Gasteiger partial charge is 0.319 e. The first-order valence-corrected chi connectivity index (χ1v) is 5.87. The zero-order valence-electron chi connectivity index (χ0n) is 10.3. The van der Waals surface area contributed by atoms with E-state index in [4.69, 9.17) is 0 Å². The Morgan fingerprint density at radius 3 is 2.29 bits per heavy atom. The topological polar surface area (TPSA) is 15.3 Å². The monoisotopic (exact) mass is 198 g/mol. The summed E-state index contributed by atoms with van der Waals surface area (Å²) in [5.41, 5.74) is 0.546. The highest BCUT2D eigenvalue weighted by molar-refractivity contribution is 4.88. The normalized spacial score (nSPS) is 33.6. The molecule has 1 aliphatic rings. The summed E-state index contributed by atoms with van der Waals surface area (Å²) in [7, 11) is 6.46. The predicted molar refractivity (Wildman–Crippen MR) is 62.5 cm³/mol. The molecule has 2 heteroatoms. The molecule has 1 rings (SSSR count). The van der Waals surface area contributed by atoms with Gasteiger partial charge in [-0.15, -0.1) is 0 Å². The molecule has 84 valence electrons. The van der Waals surface area contributed by atoms with Gasteiger partial charge in [-0.1, -0.05) is 19.8 Å². The van der Waals surface area contributed by atoms with Crippen molar-refractivity contribution in [2.75, 3.05) is 34.2 Å². The highest BCUT2D eigenvalue weighted by Crippen LogP contribution is 2.38. The Morgan fingerprint density at radius 1 is 1.29 bits per heavy atom. The van der Waals surface area contributed by atoms with E-state index >= 15 is 0 Å². The number of nitrogens with one attached hydrogen (secondary N) is 1. The summed E-state index contributed by atoms with van der Waals surface area (Å²) < 4.78 is 0. The fourth-order valence-corrected chi connectivity index (χ4v) is 2.81. The smallest absolute Gasteiger partial charge is 0.00440 e. The van der Waals surface area contributed by atoms with Crippen LogP contribution in [0.2, 0.25) is 0 Å². The average molecular weight is 198 g/mol. The second-order valence-corrected chi connectivity index (χ2v) is 5.45. The second kappa shape index (κ2) is 5.13. The van der Waals surface area contributed by atoms with Gasteiger partial charge in [0.25, 0.3) is 0 Å². The third-order valence-electron chi connectivity index (χ3n) is 3.54. The fraction of sp³-hybridized carbons (Fsp3) is 1.00. The molecule has 14 heavy (non-hydrogen) atoms. The van der Waals surface area contributed by atoms with Gasteiger partial charge in [-0.05, 0) is 45.3 Å². The first kappa shape index (κ1) is 12.0. The molecule has 1 aliphatic carbocycles. The summed E-state index contributed by atoms with van der Waals surface area (Å²) in [5.74, 6) is 0.946. The van der Waals surface area contributed by atoms with E-state index in [1.165, 1.54) is 38.8 Å². The van der Waals surface area contributed by atoms with Crippen LogP contribution in [0.5, 0.6) is 0 Å². The van der Waals surface area contributed by atoms with Crippen molar-refractivity contribution >= 4 is 0 Å². The zero-order chi connectivity index (χ0) is 10.6. The molecule has 0 spiro atoms. The Balaban J connectivity index is 2.53. The number of hydrogen-bond donors (Lipinski definition) is 1. The van der Waals surface area contributed by atoms with Crippen molar-refractivity contribution in [3.63, 3.8) is 0 Å². The summed E-state index contributed by atoms with van der Waals surface area (Å²) in [6.07, 6.45) is 5.62. The number of hydrogen-bond acceptors (Lipinski definition) is 2. The van der Waals surface area contributed by atoms with Gasteiger partial charge in [0.05, 0.1) is 0 Å². The Labute approximate surface area is 89.1 Å². The highest BCUT2D eigenvalue weighted by atomic mass is 15.1. The maximum Gasteiger partial charge on any atom is 0.00440 e. The minimum Gasteiger partial charge on any atom is -0.319 e. The first-order chi connectivity index (χ1) is 6.58. The standard InChI is InChI=1S/C12H26N2/c1-11-5-7-12(8-6-11,9-13-2)10-14(3)4/h11,13H,5-10H2,1-4H3. The van der Waals surface area contributed by atoms with Crippen LogP contribution in [0.1, 0.15) is 32.6 Å². The Bertz CT molecular complexity index is 158. The lowest BCUT2D eigenvalue weighted by Gasteiger charge is -2.41. The lowest BCUT2D eigenvalue weighted by Crippen LogP contribution is -2.43. The van der Waals surface area contributed by atoms with E-state index in [0.717, 1.165) is 5.92 Å². The van der Waals surface area contributed by atoms with E-state index in [0.29, 0.717) is 5.41 Å². The molecule has 1 saturated carbocycles. The summed E-state index contributed by atoms with van der Waals surface area (Å²) in [6.45, 7) is 4.80. The van der Waals surface area contributed by atoms with Gasteiger partial charge in [0, 0.05) is 13.1 Å². The molecule has 0 unspecified atom stereocenters. The Hall–Kier alpha value is -0.0800. The van der Waals surface area contributed by atoms with Gasteiger partial charge in [0.1, 0.15) is 0 Å². The Morgan fingerprint density at radius 2 is 1.86 bits per heavy atom. The van der Waals surface area contributed by atoms with Crippen molar-refractivity contribution in [1.29, 1.82) is 0 Å². The van der Waals surface area contributed by atoms with Crippen LogP contribution >= 0.6 is 0 Å². The molecule has 1 N–H and O–H groups in total. The van der Waals surface area contributed by atoms with Crippen LogP contribution in [-0.4, -0.2) is 39.1 Å². The molecule has 0 aromatic heterocycles. The molecule has 0 amide bonds. The fourth-order valence-electron chi connectivity index (χ4n) is 2.81. The van der Waals surface area contributed by atoms with Crippen LogP contribution in [0.25, 0.3) is 0 Å². The molecule has 0 aromatic carbocycles. The van der Waals surface area contributed by atoms with Gasteiger partial charge >= 0.3 is 0 Å². The SMILES string of the molecule is CNCC1(CN(C)C)CCC(C)CC1. The van der Waals surface area contributed by atoms with E-state index in [1.807, 2.05) is 0 Å². The van der Waals surface area contributed by atoms with Crippen LogP contribution in [-0.2, 0) is 0 Å². The minimum atomic E-state index is 0.546. The molecule has 0 heterocycles. The predicted octanol–water partition coefficient (Wildman–Crippen LogP) is 1.96. The number of nitrogens with zero attached hydrogens (tertiary/aromatic N) is 1. The van der Waals surface area contributed by atoms with E-state index < -0.39 is 0 Å². The average Bonchev–Trinajstić information content (AvgIpc) is 2.10. The molecule has 0 atom stereocenters. The van der Waals surface area contributed by atoms with Gasteiger partial charge in [0.2, 0.25) is 0 Å². The van der Waals surface area contributed by atoms with E-state index in [2.05, 4.69) is 38.3 Å². The van der Waals surface area contributed by atoms with Crippen LogP contribution in [0.15, 0.2) is 0 Å². The lowest BCUT2D eigenvalue weighted by atomic mass is 9.70. The first-order valence-electron chi connectivity index (χ1n) is 5.87.